The summed E-state index contributed by atoms with van der Waals surface area (Å²) in [5.41, 5.74) is 14.0. The first kappa shape index (κ1) is 34.2. The molecule has 1 amide bonds. The van der Waals surface area contributed by atoms with Gasteiger partial charge in [0, 0.05) is 74.5 Å². The Bertz CT molecular complexity index is 1300. The molecular formula is C36H54N6O. The van der Waals surface area contributed by atoms with Gasteiger partial charge in [0.05, 0.1) is 5.71 Å². The molecule has 43 heavy (non-hydrogen) atoms. The molecule has 3 N–H and O–H groups in total. The fraction of sp³-hybridized carbons (Fsp3) is 0.528. The summed E-state index contributed by atoms with van der Waals surface area (Å²) in [4.78, 5) is 25.0. The Morgan fingerprint density at radius 2 is 1.72 bits per heavy atom. The van der Waals surface area contributed by atoms with Crippen molar-refractivity contribution in [3.8, 4) is 0 Å². The molecular weight excluding hydrogens is 532 g/mol. The zero-order valence-electron chi connectivity index (χ0n) is 27.8. The molecule has 4 rings (SSSR count). The van der Waals surface area contributed by atoms with Crippen molar-refractivity contribution in [3.05, 3.63) is 76.6 Å². The molecule has 0 saturated carbocycles. The molecule has 2 saturated heterocycles. The molecule has 2 atom stereocenters. The minimum absolute atomic E-state index is 0.240. The first-order valence-electron chi connectivity index (χ1n) is 15.9. The molecule has 234 valence electrons. The number of piperazine rings is 1. The van der Waals surface area contributed by atoms with Crippen molar-refractivity contribution in [2.24, 2.45) is 11.8 Å². The summed E-state index contributed by atoms with van der Waals surface area (Å²) < 4.78 is 0. The van der Waals surface area contributed by atoms with E-state index >= 15 is 0 Å². The van der Waals surface area contributed by atoms with Crippen LogP contribution in [-0.2, 0) is 4.79 Å². The average molecular weight is 587 g/mol. The topological polar surface area (TPSA) is 89.5 Å². The van der Waals surface area contributed by atoms with E-state index in [0.29, 0.717) is 23.4 Å². The summed E-state index contributed by atoms with van der Waals surface area (Å²) in [5, 5.41) is 7.84. The third-order valence-corrected chi connectivity index (χ3v) is 9.13. The first-order chi connectivity index (χ1) is 20.4. The van der Waals surface area contributed by atoms with Crippen LogP contribution >= 0.6 is 0 Å². The maximum Gasteiger partial charge on any atom is 0.250 e. The number of amides is 1. The van der Waals surface area contributed by atoms with E-state index < -0.39 is 0 Å². The molecule has 1 aromatic heterocycles. The number of carbonyl (C=O) groups excluding carboxylic acids is 1. The third kappa shape index (κ3) is 8.42. The SMILES string of the molecule is C=C(C)C(=N)c1cc(C)cc(C)c1N.CCC(C)/C(C(=O)N1CC(N2CCN(C)CC2)C1)=C(/c1cccnc1)C(C)CC. The lowest BCUT2D eigenvalue weighted by atomic mass is 9.82. The summed E-state index contributed by atoms with van der Waals surface area (Å²) in [7, 11) is 2.19. The molecule has 3 heterocycles. The van der Waals surface area contributed by atoms with Crippen molar-refractivity contribution in [2.45, 2.75) is 67.3 Å². The van der Waals surface area contributed by atoms with Crippen molar-refractivity contribution in [2.75, 3.05) is 52.0 Å². The van der Waals surface area contributed by atoms with E-state index in [4.69, 9.17) is 11.1 Å². The number of likely N-dealkylation sites (N-methyl/N-ethyl adjacent to an activating group) is 1. The van der Waals surface area contributed by atoms with Crippen LogP contribution in [0.5, 0.6) is 0 Å². The highest BCUT2D eigenvalue weighted by atomic mass is 16.2. The van der Waals surface area contributed by atoms with Gasteiger partial charge in [0.2, 0.25) is 5.91 Å². The van der Waals surface area contributed by atoms with E-state index in [1.807, 2.05) is 45.2 Å². The van der Waals surface area contributed by atoms with E-state index in [9.17, 15) is 4.79 Å². The van der Waals surface area contributed by atoms with Crippen molar-refractivity contribution in [3.63, 3.8) is 0 Å². The van der Waals surface area contributed by atoms with E-state index in [1.54, 1.807) is 6.20 Å². The van der Waals surface area contributed by atoms with Gasteiger partial charge < -0.3 is 15.5 Å². The van der Waals surface area contributed by atoms with Crippen LogP contribution in [0.2, 0.25) is 0 Å². The van der Waals surface area contributed by atoms with Crippen molar-refractivity contribution >= 4 is 22.9 Å². The number of anilines is 1. The number of aryl methyl sites for hydroxylation is 2. The Hall–Kier alpha value is -3.29. The number of likely N-dealkylation sites (tertiary alicyclic amines) is 1. The largest absolute Gasteiger partial charge is 0.398 e. The number of carbonyl (C=O) groups is 1. The molecule has 7 heteroatoms. The lowest BCUT2D eigenvalue weighted by Gasteiger charge is -2.48. The van der Waals surface area contributed by atoms with Crippen molar-refractivity contribution in [1.82, 2.24) is 19.7 Å². The number of nitrogens with one attached hydrogen (secondary N) is 1. The van der Waals surface area contributed by atoms with Gasteiger partial charge in [-0.2, -0.15) is 0 Å². The van der Waals surface area contributed by atoms with E-state index in [2.05, 4.69) is 67.1 Å². The first-order valence-corrected chi connectivity index (χ1v) is 15.9. The lowest BCUT2D eigenvalue weighted by molar-refractivity contribution is -0.135. The lowest BCUT2D eigenvalue weighted by Crippen LogP contribution is -2.64. The molecule has 1 aromatic carbocycles. The molecule has 0 radical (unpaired) electrons. The Morgan fingerprint density at radius 1 is 1.09 bits per heavy atom. The zero-order chi connectivity index (χ0) is 31.8. The van der Waals surface area contributed by atoms with Crippen LogP contribution in [0.15, 0.2) is 54.4 Å². The van der Waals surface area contributed by atoms with Gasteiger partial charge in [-0.3, -0.25) is 20.1 Å². The molecule has 0 bridgehead atoms. The monoisotopic (exact) mass is 586 g/mol. The molecule has 2 aliphatic heterocycles. The summed E-state index contributed by atoms with van der Waals surface area (Å²) in [5.74, 6) is 0.820. The quantitative estimate of drug-likeness (QED) is 0.207. The summed E-state index contributed by atoms with van der Waals surface area (Å²) in [6.07, 6.45) is 5.71. The fourth-order valence-electron chi connectivity index (χ4n) is 5.85. The molecule has 2 unspecified atom stereocenters. The predicted octanol–water partition coefficient (Wildman–Crippen LogP) is 6.22. The Balaban J connectivity index is 0.000000303. The Morgan fingerprint density at radius 3 is 2.26 bits per heavy atom. The summed E-state index contributed by atoms with van der Waals surface area (Å²) in [6.45, 7) is 24.6. The summed E-state index contributed by atoms with van der Waals surface area (Å²) >= 11 is 0. The number of allylic oxidation sites excluding steroid dienone is 2. The van der Waals surface area contributed by atoms with Gasteiger partial charge >= 0.3 is 0 Å². The summed E-state index contributed by atoms with van der Waals surface area (Å²) in [6, 6.07) is 8.55. The van der Waals surface area contributed by atoms with Crippen LogP contribution < -0.4 is 5.73 Å². The molecule has 2 fully saturated rings. The van der Waals surface area contributed by atoms with Gasteiger partial charge in [0.1, 0.15) is 0 Å². The molecule has 2 aliphatic rings. The van der Waals surface area contributed by atoms with Gasteiger partial charge in [-0.1, -0.05) is 52.0 Å². The molecule has 0 aliphatic carbocycles. The molecule has 2 aromatic rings. The maximum absolute atomic E-state index is 13.7. The number of nitrogens with zero attached hydrogens (tertiary/aromatic N) is 4. The van der Waals surface area contributed by atoms with Gasteiger partial charge in [-0.05, 0) is 86.9 Å². The molecule has 0 spiro atoms. The van der Waals surface area contributed by atoms with Crippen molar-refractivity contribution < 1.29 is 4.79 Å². The number of nitrogen functional groups attached to an aromatic ring is 1. The van der Waals surface area contributed by atoms with Crippen LogP contribution in [0, 0.1) is 31.1 Å². The Labute approximate surface area is 260 Å². The number of hydrogen-bond acceptors (Lipinski definition) is 6. The van der Waals surface area contributed by atoms with E-state index in [0.717, 1.165) is 85.5 Å². The average Bonchev–Trinajstić information content (AvgIpc) is 2.97. The highest BCUT2D eigenvalue weighted by molar-refractivity contribution is 6.13. The van der Waals surface area contributed by atoms with Gasteiger partial charge in [-0.25, -0.2) is 0 Å². The smallest absolute Gasteiger partial charge is 0.250 e. The van der Waals surface area contributed by atoms with Crippen LogP contribution in [-0.4, -0.2) is 83.7 Å². The standard InChI is InChI=1S/C24H38N4O.C12H16N2/c1-6-18(3)22(20-9-8-10-25-15-20)23(19(4)7-2)24(29)28-16-21(17-28)27-13-11-26(5)12-14-27;1-7(2)11(13)10-6-8(3)5-9(4)12(10)14/h8-10,15,18-19,21H,6-7,11-14,16-17H2,1-5H3;5-6,13H,1,14H2,2-4H3/b23-22-;. The minimum Gasteiger partial charge on any atom is -0.398 e. The second-order valence-electron chi connectivity index (χ2n) is 12.6. The predicted molar refractivity (Wildman–Crippen MR) is 181 cm³/mol. The third-order valence-electron chi connectivity index (χ3n) is 9.13. The maximum atomic E-state index is 13.7. The zero-order valence-corrected chi connectivity index (χ0v) is 27.8. The van der Waals surface area contributed by atoms with Crippen LogP contribution in [0.25, 0.3) is 5.57 Å². The highest BCUT2D eigenvalue weighted by Gasteiger charge is 2.38. The molecule has 7 nitrogen and oxygen atoms in total. The normalized spacial score (nSPS) is 18.1. The second kappa shape index (κ2) is 15.4. The van der Waals surface area contributed by atoms with Gasteiger partial charge in [0.25, 0.3) is 0 Å². The number of aromatic nitrogens is 1. The minimum atomic E-state index is 0.240. The van der Waals surface area contributed by atoms with Crippen LogP contribution in [0.3, 0.4) is 0 Å². The number of hydrogen-bond donors (Lipinski definition) is 2. The second-order valence-corrected chi connectivity index (χ2v) is 12.6. The van der Waals surface area contributed by atoms with Crippen molar-refractivity contribution in [1.29, 1.82) is 5.41 Å². The highest BCUT2D eigenvalue weighted by Crippen LogP contribution is 2.35. The number of pyridine rings is 1. The fourth-order valence-corrected chi connectivity index (χ4v) is 5.85. The number of rotatable bonds is 9. The van der Waals surface area contributed by atoms with E-state index in [1.165, 1.54) is 5.57 Å². The van der Waals surface area contributed by atoms with Gasteiger partial charge in [-0.15, -0.1) is 0 Å². The number of nitrogens with two attached hydrogens (primary N) is 1. The Kier molecular flexibility index (Phi) is 12.3. The van der Waals surface area contributed by atoms with Crippen LogP contribution in [0.4, 0.5) is 5.69 Å². The van der Waals surface area contributed by atoms with Gasteiger partial charge in [0.15, 0.2) is 0 Å². The van der Waals surface area contributed by atoms with Crippen LogP contribution in [0.1, 0.15) is 69.7 Å². The number of benzene rings is 1. The van der Waals surface area contributed by atoms with E-state index in [-0.39, 0.29) is 11.8 Å².